The monoisotopic (exact) mass is 260 g/mol. The van der Waals surface area contributed by atoms with Crippen molar-refractivity contribution in [3.05, 3.63) is 0 Å². The van der Waals surface area contributed by atoms with E-state index in [0.29, 0.717) is 6.54 Å². The lowest BCUT2D eigenvalue weighted by atomic mass is 10.1. The van der Waals surface area contributed by atoms with Crippen LogP contribution >= 0.6 is 0 Å². The van der Waals surface area contributed by atoms with Crippen LogP contribution in [-0.4, -0.2) is 33.3 Å². The molecule has 0 aromatic carbocycles. The molecule has 0 aromatic heterocycles. The lowest BCUT2D eigenvalue weighted by molar-refractivity contribution is 0.422. The number of rotatable bonds is 7. The van der Waals surface area contributed by atoms with Gasteiger partial charge in [0.2, 0.25) is 10.0 Å². The van der Waals surface area contributed by atoms with Crippen LogP contribution in [0.25, 0.3) is 0 Å². The van der Waals surface area contributed by atoms with Crippen LogP contribution in [0.2, 0.25) is 0 Å². The number of nitrogens with one attached hydrogen (secondary N) is 2. The Bertz CT molecular complexity index is 319. The molecule has 1 saturated heterocycles. The summed E-state index contributed by atoms with van der Waals surface area (Å²) in [5.74, 6) is 1.13. The SMILES string of the molecule is O=S(=O)(CC1CCCCN1)NCCCC1CC1. The van der Waals surface area contributed by atoms with Gasteiger partial charge in [0.15, 0.2) is 0 Å². The van der Waals surface area contributed by atoms with E-state index in [-0.39, 0.29) is 11.8 Å². The van der Waals surface area contributed by atoms with E-state index >= 15 is 0 Å². The van der Waals surface area contributed by atoms with Gasteiger partial charge in [-0.25, -0.2) is 13.1 Å². The van der Waals surface area contributed by atoms with Gasteiger partial charge < -0.3 is 5.32 Å². The Morgan fingerprint density at radius 3 is 2.65 bits per heavy atom. The van der Waals surface area contributed by atoms with E-state index in [4.69, 9.17) is 0 Å². The molecule has 5 heteroatoms. The van der Waals surface area contributed by atoms with Crippen LogP contribution in [0.3, 0.4) is 0 Å². The van der Waals surface area contributed by atoms with Crippen molar-refractivity contribution in [2.75, 3.05) is 18.8 Å². The average Bonchev–Trinajstić information content (AvgIpc) is 3.09. The molecule has 0 radical (unpaired) electrons. The summed E-state index contributed by atoms with van der Waals surface area (Å²) in [5, 5.41) is 3.27. The molecule has 1 aliphatic heterocycles. The van der Waals surface area contributed by atoms with Crippen molar-refractivity contribution in [2.45, 2.75) is 51.0 Å². The third kappa shape index (κ3) is 5.36. The first kappa shape index (κ1) is 13.3. The molecule has 2 rings (SSSR count). The summed E-state index contributed by atoms with van der Waals surface area (Å²) in [7, 11) is -3.07. The lowest BCUT2D eigenvalue weighted by Crippen LogP contribution is -2.42. The normalized spacial score (nSPS) is 26.0. The summed E-state index contributed by atoms with van der Waals surface area (Å²) in [6.07, 6.45) is 8.17. The molecule has 0 spiro atoms. The predicted molar refractivity (Wildman–Crippen MR) is 69.4 cm³/mol. The van der Waals surface area contributed by atoms with Crippen LogP contribution in [0, 0.1) is 5.92 Å². The second-order valence-electron chi connectivity index (χ2n) is 5.41. The molecule has 0 amide bonds. The van der Waals surface area contributed by atoms with E-state index in [2.05, 4.69) is 10.0 Å². The summed E-state index contributed by atoms with van der Waals surface area (Å²) in [6, 6.07) is 0.157. The number of hydrogen-bond donors (Lipinski definition) is 2. The standard InChI is InChI=1S/C12H24N2O2S/c15-17(16,10-12-5-1-2-8-13-12)14-9-3-4-11-6-7-11/h11-14H,1-10H2. The Kier molecular flexibility index (Phi) is 4.82. The van der Waals surface area contributed by atoms with Gasteiger partial charge in [-0.3, -0.25) is 0 Å². The molecule has 1 saturated carbocycles. The first-order valence-corrected chi connectivity index (χ1v) is 8.52. The van der Waals surface area contributed by atoms with Gasteiger partial charge in [-0.1, -0.05) is 19.3 Å². The maximum absolute atomic E-state index is 11.8. The molecule has 2 aliphatic rings. The Morgan fingerprint density at radius 1 is 1.18 bits per heavy atom. The molecule has 0 aromatic rings. The molecular weight excluding hydrogens is 236 g/mol. The first-order valence-electron chi connectivity index (χ1n) is 6.86. The second-order valence-corrected chi connectivity index (χ2v) is 7.26. The molecule has 1 unspecified atom stereocenters. The van der Waals surface area contributed by atoms with Gasteiger partial charge in [-0.05, 0) is 38.1 Å². The molecule has 2 fully saturated rings. The number of piperidine rings is 1. The Balaban J connectivity index is 1.62. The Labute approximate surface area is 105 Å². The Hall–Kier alpha value is -0.130. The molecule has 1 heterocycles. The lowest BCUT2D eigenvalue weighted by Gasteiger charge is -2.23. The predicted octanol–water partition coefficient (Wildman–Crippen LogP) is 1.24. The minimum atomic E-state index is -3.07. The minimum absolute atomic E-state index is 0.157. The van der Waals surface area contributed by atoms with Crippen LogP contribution < -0.4 is 10.0 Å². The third-order valence-corrected chi connectivity index (χ3v) is 5.13. The fraction of sp³-hybridized carbons (Fsp3) is 1.00. The summed E-state index contributed by atoms with van der Waals surface area (Å²) in [5.41, 5.74) is 0. The van der Waals surface area contributed by atoms with Crippen molar-refractivity contribution in [3.63, 3.8) is 0 Å². The van der Waals surface area contributed by atoms with E-state index in [1.807, 2.05) is 0 Å². The highest BCUT2D eigenvalue weighted by molar-refractivity contribution is 7.89. The highest BCUT2D eigenvalue weighted by atomic mass is 32.2. The zero-order valence-corrected chi connectivity index (χ0v) is 11.3. The van der Waals surface area contributed by atoms with Crippen LogP contribution in [0.5, 0.6) is 0 Å². The van der Waals surface area contributed by atoms with Crippen molar-refractivity contribution in [3.8, 4) is 0 Å². The average molecular weight is 260 g/mol. The number of sulfonamides is 1. The topological polar surface area (TPSA) is 58.2 Å². The largest absolute Gasteiger partial charge is 0.313 e. The van der Waals surface area contributed by atoms with E-state index in [9.17, 15) is 8.42 Å². The van der Waals surface area contributed by atoms with Crippen molar-refractivity contribution >= 4 is 10.0 Å². The van der Waals surface area contributed by atoms with E-state index < -0.39 is 10.0 Å². The van der Waals surface area contributed by atoms with Gasteiger partial charge in [0.25, 0.3) is 0 Å². The van der Waals surface area contributed by atoms with Crippen molar-refractivity contribution in [2.24, 2.45) is 5.92 Å². The van der Waals surface area contributed by atoms with Gasteiger partial charge >= 0.3 is 0 Å². The van der Waals surface area contributed by atoms with Crippen molar-refractivity contribution in [1.29, 1.82) is 0 Å². The smallest absolute Gasteiger partial charge is 0.213 e. The maximum atomic E-state index is 11.8. The zero-order valence-electron chi connectivity index (χ0n) is 10.5. The molecule has 0 bridgehead atoms. The zero-order chi connectivity index (χ0) is 12.1. The Morgan fingerprint density at radius 2 is 2.00 bits per heavy atom. The van der Waals surface area contributed by atoms with Crippen molar-refractivity contribution < 1.29 is 8.42 Å². The van der Waals surface area contributed by atoms with Crippen LogP contribution in [0.15, 0.2) is 0 Å². The molecule has 1 aliphatic carbocycles. The molecular formula is C12H24N2O2S. The van der Waals surface area contributed by atoms with Crippen LogP contribution in [-0.2, 0) is 10.0 Å². The van der Waals surface area contributed by atoms with Crippen LogP contribution in [0.1, 0.15) is 44.9 Å². The molecule has 1 atom stereocenters. The van der Waals surface area contributed by atoms with Gasteiger partial charge in [0.1, 0.15) is 0 Å². The quantitative estimate of drug-likeness (QED) is 0.677. The van der Waals surface area contributed by atoms with E-state index in [1.54, 1.807) is 0 Å². The summed E-state index contributed by atoms with van der Waals surface area (Å²) in [6.45, 7) is 1.58. The van der Waals surface area contributed by atoms with Gasteiger partial charge in [0, 0.05) is 12.6 Å². The fourth-order valence-corrected chi connectivity index (χ4v) is 3.80. The van der Waals surface area contributed by atoms with Crippen molar-refractivity contribution in [1.82, 2.24) is 10.0 Å². The molecule has 2 N–H and O–H groups in total. The van der Waals surface area contributed by atoms with Gasteiger partial charge in [-0.2, -0.15) is 0 Å². The summed E-state index contributed by atoms with van der Waals surface area (Å²) < 4.78 is 26.3. The van der Waals surface area contributed by atoms with E-state index in [0.717, 1.165) is 31.7 Å². The van der Waals surface area contributed by atoms with E-state index in [1.165, 1.54) is 25.7 Å². The minimum Gasteiger partial charge on any atom is -0.313 e. The fourth-order valence-electron chi connectivity index (χ4n) is 2.41. The molecule has 17 heavy (non-hydrogen) atoms. The third-order valence-electron chi connectivity index (χ3n) is 3.64. The summed E-state index contributed by atoms with van der Waals surface area (Å²) in [4.78, 5) is 0. The highest BCUT2D eigenvalue weighted by Crippen LogP contribution is 2.33. The highest BCUT2D eigenvalue weighted by Gasteiger charge is 2.22. The first-order chi connectivity index (χ1) is 8.16. The van der Waals surface area contributed by atoms with Gasteiger partial charge in [0.05, 0.1) is 5.75 Å². The maximum Gasteiger partial charge on any atom is 0.213 e. The molecule has 100 valence electrons. The van der Waals surface area contributed by atoms with Gasteiger partial charge in [-0.15, -0.1) is 0 Å². The molecule has 4 nitrogen and oxygen atoms in total. The van der Waals surface area contributed by atoms with Crippen LogP contribution in [0.4, 0.5) is 0 Å². The second kappa shape index (κ2) is 6.16. The summed E-state index contributed by atoms with van der Waals surface area (Å²) >= 11 is 0. The number of hydrogen-bond acceptors (Lipinski definition) is 3.